The summed E-state index contributed by atoms with van der Waals surface area (Å²) in [6.07, 6.45) is 12.4. The fourth-order valence-electron chi connectivity index (χ4n) is 4.38. The molecule has 5 nitrogen and oxygen atoms in total. The number of aryl methyl sites for hydroxylation is 1. The maximum Gasteiger partial charge on any atom is 0.132 e. The molecule has 5 heteroatoms. The maximum absolute atomic E-state index is 4.48. The minimum absolute atomic E-state index is 0.743. The fraction of sp³-hybridized carbons (Fsp3) is 0.556. The highest BCUT2D eigenvalue weighted by Crippen LogP contribution is 2.42. The Labute approximate surface area is 137 Å². The predicted octanol–water partition coefficient (Wildman–Crippen LogP) is 2.67. The van der Waals surface area contributed by atoms with E-state index in [1.807, 2.05) is 19.3 Å². The molecule has 3 heterocycles. The second kappa shape index (κ2) is 6.22. The summed E-state index contributed by atoms with van der Waals surface area (Å²) in [4.78, 5) is 19.5. The average molecular weight is 309 g/mol. The molecule has 0 spiro atoms. The standard InChI is InChI=1S/C18H23N5/c1-13-5-18(22-12-21-13)23-9-16-4-2-3-15(17(16)10-23)6-14-7-19-11-20-8-14/h5,7-8,11-12,15-17H,2-4,6,9-10H2,1H3/t15-,16-,17-/m1/s1. The molecular weight excluding hydrogens is 286 g/mol. The Morgan fingerprint density at radius 1 is 1.09 bits per heavy atom. The van der Waals surface area contributed by atoms with Crippen LogP contribution in [0.25, 0.3) is 0 Å². The van der Waals surface area contributed by atoms with Gasteiger partial charge in [-0.25, -0.2) is 19.9 Å². The second-order valence-electron chi connectivity index (χ2n) is 6.99. The number of nitrogens with zero attached hydrogens (tertiary/aromatic N) is 5. The average Bonchev–Trinajstić information content (AvgIpc) is 3.01. The van der Waals surface area contributed by atoms with Gasteiger partial charge in [0.1, 0.15) is 18.5 Å². The van der Waals surface area contributed by atoms with Gasteiger partial charge in [0.05, 0.1) is 0 Å². The molecule has 2 aromatic heterocycles. The van der Waals surface area contributed by atoms with Crippen molar-refractivity contribution in [2.24, 2.45) is 17.8 Å². The molecule has 23 heavy (non-hydrogen) atoms. The molecular formula is C18H23N5. The third kappa shape index (κ3) is 3.05. The van der Waals surface area contributed by atoms with E-state index in [2.05, 4.69) is 30.9 Å². The number of rotatable bonds is 3. The highest BCUT2D eigenvalue weighted by Gasteiger charge is 2.40. The molecule has 0 unspecified atom stereocenters. The van der Waals surface area contributed by atoms with Crippen LogP contribution in [0.3, 0.4) is 0 Å². The van der Waals surface area contributed by atoms with E-state index < -0.39 is 0 Å². The van der Waals surface area contributed by atoms with Crippen LogP contribution >= 0.6 is 0 Å². The number of aromatic nitrogens is 4. The summed E-state index contributed by atoms with van der Waals surface area (Å²) in [6, 6.07) is 2.11. The third-order valence-corrected chi connectivity index (χ3v) is 5.47. The molecule has 120 valence electrons. The summed E-state index contributed by atoms with van der Waals surface area (Å²) < 4.78 is 0. The Morgan fingerprint density at radius 2 is 1.96 bits per heavy atom. The van der Waals surface area contributed by atoms with Gasteiger partial charge in [-0.3, -0.25) is 0 Å². The Kier molecular flexibility index (Phi) is 3.93. The van der Waals surface area contributed by atoms with Gasteiger partial charge >= 0.3 is 0 Å². The molecule has 3 atom stereocenters. The molecule has 0 amide bonds. The summed E-state index contributed by atoms with van der Waals surface area (Å²) in [5.41, 5.74) is 2.32. The van der Waals surface area contributed by atoms with E-state index >= 15 is 0 Å². The van der Waals surface area contributed by atoms with Crippen LogP contribution in [-0.4, -0.2) is 33.0 Å². The van der Waals surface area contributed by atoms with Gasteiger partial charge in [-0.15, -0.1) is 0 Å². The molecule has 0 radical (unpaired) electrons. The zero-order valence-corrected chi connectivity index (χ0v) is 13.6. The van der Waals surface area contributed by atoms with Crippen LogP contribution in [0, 0.1) is 24.7 Å². The highest BCUT2D eigenvalue weighted by molar-refractivity contribution is 5.40. The van der Waals surface area contributed by atoms with Gasteiger partial charge in [0, 0.05) is 37.2 Å². The topological polar surface area (TPSA) is 54.8 Å². The fourth-order valence-corrected chi connectivity index (χ4v) is 4.38. The molecule has 1 saturated carbocycles. The Hall–Kier alpha value is -2.04. The monoisotopic (exact) mass is 309 g/mol. The lowest BCUT2D eigenvalue weighted by Crippen LogP contribution is -2.29. The summed E-state index contributed by atoms with van der Waals surface area (Å²) in [6.45, 7) is 4.30. The first-order valence-electron chi connectivity index (χ1n) is 8.57. The minimum atomic E-state index is 0.743. The van der Waals surface area contributed by atoms with Crippen molar-refractivity contribution in [2.45, 2.75) is 32.6 Å². The Balaban J connectivity index is 1.50. The summed E-state index contributed by atoms with van der Waals surface area (Å²) >= 11 is 0. The van der Waals surface area contributed by atoms with E-state index in [0.717, 1.165) is 48.8 Å². The van der Waals surface area contributed by atoms with E-state index in [4.69, 9.17) is 0 Å². The van der Waals surface area contributed by atoms with Gasteiger partial charge < -0.3 is 4.90 Å². The van der Waals surface area contributed by atoms with Crippen molar-refractivity contribution in [3.8, 4) is 0 Å². The molecule has 4 rings (SSSR count). The minimum Gasteiger partial charge on any atom is -0.356 e. The van der Waals surface area contributed by atoms with Crippen LogP contribution in [0.5, 0.6) is 0 Å². The number of hydrogen-bond acceptors (Lipinski definition) is 5. The summed E-state index contributed by atoms with van der Waals surface area (Å²) in [7, 11) is 0. The molecule has 2 aromatic rings. The van der Waals surface area contributed by atoms with E-state index in [9.17, 15) is 0 Å². The van der Waals surface area contributed by atoms with Gasteiger partial charge in [0.2, 0.25) is 0 Å². The Bertz CT molecular complexity index is 659. The molecule has 2 fully saturated rings. The molecule has 2 aliphatic rings. The first kappa shape index (κ1) is 14.5. The zero-order chi connectivity index (χ0) is 15.6. The maximum atomic E-state index is 4.48. The normalized spacial score (nSPS) is 27.0. The van der Waals surface area contributed by atoms with Crippen molar-refractivity contribution in [2.75, 3.05) is 18.0 Å². The SMILES string of the molecule is Cc1cc(N2C[C@H]3CCC[C@H](Cc4cncnc4)[C@H]3C2)ncn1. The van der Waals surface area contributed by atoms with E-state index in [0.29, 0.717) is 0 Å². The lowest BCUT2D eigenvalue weighted by molar-refractivity contribution is 0.198. The van der Waals surface area contributed by atoms with E-state index in [-0.39, 0.29) is 0 Å². The van der Waals surface area contributed by atoms with Crippen molar-refractivity contribution in [1.29, 1.82) is 0 Å². The lowest BCUT2D eigenvalue weighted by atomic mass is 9.72. The van der Waals surface area contributed by atoms with Crippen LogP contribution in [0.1, 0.15) is 30.5 Å². The summed E-state index contributed by atoms with van der Waals surface area (Å²) in [5.74, 6) is 3.40. The van der Waals surface area contributed by atoms with Gasteiger partial charge in [-0.2, -0.15) is 0 Å². The number of hydrogen-bond donors (Lipinski definition) is 0. The largest absolute Gasteiger partial charge is 0.356 e. The van der Waals surface area contributed by atoms with Gasteiger partial charge in [0.25, 0.3) is 0 Å². The molecule has 0 bridgehead atoms. The van der Waals surface area contributed by atoms with E-state index in [1.165, 1.54) is 24.8 Å². The van der Waals surface area contributed by atoms with Crippen LogP contribution in [-0.2, 0) is 6.42 Å². The summed E-state index contributed by atoms with van der Waals surface area (Å²) in [5, 5.41) is 0. The first-order valence-corrected chi connectivity index (χ1v) is 8.57. The number of fused-ring (bicyclic) bond motifs is 1. The molecule has 0 N–H and O–H groups in total. The van der Waals surface area contributed by atoms with Crippen LogP contribution in [0.4, 0.5) is 5.82 Å². The van der Waals surface area contributed by atoms with Crippen molar-refractivity contribution in [3.05, 3.63) is 42.4 Å². The highest BCUT2D eigenvalue weighted by atomic mass is 15.2. The van der Waals surface area contributed by atoms with Gasteiger partial charge in [-0.05, 0) is 49.5 Å². The molecule has 1 aliphatic carbocycles. The van der Waals surface area contributed by atoms with Gasteiger partial charge in [0.15, 0.2) is 0 Å². The quantitative estimate of drug-likeness (QED) is 0.872. The Morgan fingerprint density at radius 3 is 2.78 bits per heavy atom. The van der Waals surface area contributed by atoms with Crippen LogP contribution < -0.4 is 4.90 Å². The van der Waals surface area contributed by atoms with Crippen LogP contribution in [0.15, 0.2) is 31.1 Å². The lowest BCUT2D eigenvalue weighted by Gasteiger charge is -2.32. The predicted molar refractivity (Wildman–Crippen MR) is 89.0 cm³/mol. The third-order valence-electron chi connectivity index (χ3n) is 5.47. The number of anilines is 1. The van der Waals surface area contributed by atoms with Crippen molar-refractivity contribution < 1.29 is 0 Å². The van der Waals surface area contributed by atoms with Crippen LogP contribution in [0.2, 0.25) is 0 Å². The first-order chi connectivity index (χ1) is 11.3. The smallest absolute Gasteiger partial charge is 0.132 e. The molecule has 0 aromatic carbocycles. The van der Waals surface area contributed by atoms with Gasteiger partial charge in [-0.1, -0.05) is 6.42 Å². The zero-order valence-electron chi connectivity index (χ0n) is 13.6. The van der Waals surface area contributed by atoms with E-state index in [1.54, 1.807) is 12.7 Å². The van der Waals surface area contributed by atoms with Crippen molar-refractivity contribution in [3.63, 3.8) is 0 Å². The second-order valence-corrected chi connectivity index (χ2v) is 6.99. The van der Waals surface area contributed by atoms with Crippen molar-refractivity contribution in [1.82, 2.24) is 19.9 Å². The molecule has 1 aliphatic heterocycles. The molecule has 1 saturated heterocycles. The van der Waals surface area contributed by atoms with Crippen molar-refractivity contribution >= 4 is 5.82 Å².